The Morgan fingerprint density at radius 1 is 1.53 bits per heavy atom. The largest absolute Gasteiger partial charge is 0.610 e. The van der Waals surface area contributed by atoms with Crippen LogP contribution in [0.3, 0.4) is 0 Å². The predicted molar refractivity (Wildman–Crippen MR) is 66.3 cm³/mol. The summed E-state index contributed by atoms with van der Waals surface area (Å²) in [6.07, 6.45) is 1.43. The van der Waals surface area contributed by atoms with Gasteiger partial charge in [-0.2, -0.15) is 0 Å². The van der Waals surface area contributed by atoms with Gasteiger partial charge in [-0.3, -0.25) is 4.79 Å². The van der Waals surface area contributed by atoms with E-state index < -0.39 is 17.0 Å². The van der Waals surface area contributed by atoms with Crippen molar-refractivity contribution in [2.45, 2.75) is 4.90 Å². The zero-order chi connectivity index (χ0) is 12.6. The first kappa shape index (κ1) is 12.4. The molecule has 6 heteroatoms. The van der Waals surface area contributed by atoms with E-state index in [1.54, 1.807) is 11.6 Å². The van der Waals surface area contributed by atoms with Crippen LogP contribution in [-0.4, -0.2) is 14.3 Å². The van der Waals surface area contributed by atoms with Crippen LogP contribution >= 0.6 is 11.6 Å². The summed E-state index contributed by atoms with van der Waals surface area (Å²) in [5.41, 5.74) is 0.0994. The van der Waals surface area contributed by atoms with E-state index >= 15 is 0 Å². The molecule has 0 aliphatic carbocycles. The third-order valence-electron chi connectivity index (χ3n) is 2.46. The Labute approximate surface area is 105 Å². The van der Waals surface area contributed by atoms with Gasteiger partial charge in [-0.25, -0.2) is 4.39 Å². The first-order valence-corrected chi connectivity index (χ1v) is 6.63. The van der Waals surface area contributed by atoms with Gasteiger partial charge in [0.1, 0.15) is 5.82 Å². The number of hydrogen-bond donors (Lipinski definition) is 0. The topological polar surface area (TPSA) is 45.1 Å². The number of benzene rings is 1. The second-order valence-electron chi connectivity index (χ2n) is 3.55. The summed E-state index contributed by atoms with van der Waals surface area (Å²) in [5, 5.41) is 0.201. The lowest BCUT2D eigenvalue weighted by atomic mass is 10.2. The molecule has 2 aromatic rings. The van der Waals surface area contributed by atoms with Gasteiger partial charge in [-0.15, -0.1) is 0 Å². The first-order valence-electron chi connectivity index (χ1n) is 4.78. The molecule has 2 rings (SSSR count). The fourth-order valence-electron chi connectivity index (χ4n) is 1.65. The fourth-order valence-corrected chi connectivity index (χ4v) is 2.71. The molecule has 90 valence electrons. The number of halogens is 2. The van der Waals surface area contributed by atoms with Crippen molar-refractivity contribution in [1.29, 1.82) is 0 Å². The van der Waals surface area contributed by atoms with Crippen molar-refractivity contribution in [3.63, 3.8) is 0 Å². The van der Waals surface area contributed by atoms with E-state index in [2.05, 4.69) is 0 Å². The minimum atomic E-state index is -1.54. The summed E-state index contributed by atoms with van der Waals surface area (Å²) in [5.74, 6) is -0.418. The van der Waals surface area contributed by atoms with Crippen LogP contribution < -0.4 is 5.43 Å². The van der Waals surface area contributed by atoms with E-state index in [0.29, 0.717) is 10.9 Å². The van der Waals surface area contributed by atoms with Gasteiger partial charge in [0.25, 0.3) is 0 Å². The summed E-state index contributed by atoms with van der Waals surface area (Å²) >= 11 is 3.94. The number of nitrogens with zero attached hydrogens (tertiary/aromatic N) is 1. The number of fused-ring (bicyclic) bond motifs is 1. The maximum absolute atomic E-state index is 13.1. The Bertz CT molecular complexity index is 629. The van der Waals surface area contributed by atoms with Gasteiger partial charge in [-0.1, -0.05) is 11.6 Å². The lowest BCUT2D eigenvalue weighted by Gasteiger charge is -2.10. The lowest BCUT2D eigenvalue weighted by molar-refractivity contribution is 0.597. The average molecular weight is 274 g/mol. The minimum absolute atomic E-state index is 0.137. The van der Waals surface area contributed by atoms with Crippen LogP contribution in [0.25, 0.3) is 10.9 Å². The predicted octanol–water partition coefficient (Wildman–Crippen LogP) is 1.98. The van der Waals surface area contributed by atoms with Crippen molar-refractivity contribution in [1.82, 2.24) is 4.57 Å². The normalized spacial score (nSPS) is 12.9. The van der Waals surface area contributed by atoms with Crippen molar-refractivity contribution in [2.24, 2.45) is 7.05 Å². The molecule has 0 bridgehead atoms. The molecule has 17 heavy (non-hydrogen) atoms. The maximum Gasteiger partial charge on any atom is 0.244 e. The second-order valence-corrected chi connectivity index (χ2v) is 5.55. The highest BCUT2D eigenvalue weighted by molar-refractivity contribution is 7.92. The van der Waals surface area contributed by atoms with Crippen molar-refractivity contribution < 1.29 is 8.94 Å². The summed E-state index contributed by atoms with van der Waals surface area (Å²) in [4.78, 5) is 12.1. The third-order valence-corrected chi connectivity index (χ3v) is 4.04. The van der Waals surface area contributed by atoms with E-state index in [0.717, 1.165) is 0 Å². The number of pyridine rings is 1. The van der Waals surface area contributed by atoms with Gasteiger partial charge < -0.3 is 9.12 Å². The molecule has 0 spiro atoms. The van der Waals surface area contributed by atoms with Crippen molar-refractivity contribution in [3.8, 4) is 0 Å². The van der Waals surface area contributed by atoms with Crippen LogP contribution in [-0.2, 0) is 18.2 Å². The summed E-state index contributed by atoms with van der Waals surface area (Å²) in [7, 11) is 1.66. The highest BCUT2D eigenvalue weighted by Gasteiger charge is 2.17. The Hall–Kier alpha value is -1.04. The molecule has 1 aromatic heterocycles. The fraction of sp³-hybridized carbons (Fsp3) is 0.182. The smallest absolute Gasteiger partial charge is 0.244 e. The van der Waals surface area contributed by atoms with E-state index in [1.807, 2.05) is 0 Å². The molecule has 0 unspecified atom stereocenters. The molecule has 0 saturated carbocycles. The zero-order valence-corrected chi connectivity index (χ0v) is 10.5. The third kappa shape index (κ3) is 2.18. The molecule has 1 aromatic carbocycles. The molecule has 0 fully saturated rings. The zero-order valence-electron chi connectivity index (χ0n) is 8.94. The van der Waals surface area contributed by atoms with Crippen molar-refractivity contribution >= 4 is 33.7 Å². The van der Waals surface area contributed by atoms with Crippen LogP contribution in [0.1, 0.15) is 0 Å². The van der Waals surface area contributed by atoms with Gasteiger partial charge in [0.15, 0.2) is 5.21 Å². The Kier molecular flexibility index (Phi) is 3.42. The monoisotopic (exact) mass is 273 g/mol. The minimum Gasteiger partial charge on any atom is -0.610 e. The first-order chi connectivity index (χ1) is 8.04. The van der Waals surface area contributed by atoms with E-state index in [-0.39, 0.29) is 15.5 Å². The molecule has 1 atom stereocenters. The van der Waals surface area contributed by atoms with E-state index in [4.69, 9.17) is 11.6 Å². The van der Waals surface area contributed by atoms with Crippen molar-refractivity contribution in [2.75, 3.05) is 5.21 Å². The molecule has 0 N–H and O–H groups in total. The lowest BCUT2D eigenvalue weighted by Crippen LogP contribution is -2.18. The molecule has 0 aliphatic rings. The molecule has 1 heterocycles. The van der Waals surface area contributed by atoms with Gasteiger partial charge in [0, 0.05) is 18.2 Å². The van der Waals surface area contributed by atoms with Gasteiger partial charge in [-0.05, 0) is 18.2 Å². The summed E-state index contributed by atoms with van der Waals surface area (Å²) in [6, 6.07) is 3.86. The molecular weight excluding hydrogens is 265 g/mol. The molecule has 0 amide bonds. The van der Waals surface area contributed by atoms with E-state index in [9.17, 15) is 13.7 Å². The SMILES string of the molecule is Cn1cc([S@+]([O-])CCl)c(=O)c2ccc(F)cc21. The van der Waals surface area contributed by atoms with Crippen LogP contribution in [0.15, 0.2) is 34.1 Å². The average Bonchev–Trinajstić information content (AvgIpc) is 2.32. The number of aromatic nitrogens is 1. The molecule has 0 radical (unpaired) electrons. The van der Waals surface area contributed by atoms with Crippen LogP contribution in [0.5, 0.6) is 0 Å². The Morgan fingerprint density at radius 3 is 2.88 bits per heavy atom. The molecule has 3 nitrogen and oxygen atoms in total. The standard InChI is InChI=1S/C11H9ClFNO2S/c1-14-5-10(17(16)6-12)11(15)8-3-2-7(13)4-9(8)14/h2-5H,6H2,1H3/t17-/m1/s1. The number of aryl methyl sites for hydroxylation is 1. The van der Waals surface area contributed by atoms with Crippen molar-refractivity contribution in [3.05, 3.63) is 40.4 Å². The number of rotatable bonds is 2. The number of alkyl halides is 1. The Balaban J connectivity index is 2.81. The van der Waals surface area contributed by atoms with Crippen LogP contribution in [0.2, 0.25) is 0 Å². The van der Waals surface area contributed by atoms with Gasteiger partial charge >= 0.3 is 0 Å². The molecule has 0 saturated heterocycles. The van der Waals surface area contributed by atoms with Gasteiger partial charge in [0.2, 0.25) is 10.3 Å². The van der Waals surface area contributed by atoms with E-state index in [1.165, 1.54) is 24.4 Å². The molecular formula is C11H9ClFNO2S. The maximum atomic E-state index is 13.1. The summed E-state index contributed by atoms with van der Waals surface area (Å²) in [6.45, 7) is 0. The summed E-state index contributed by atoms with van der Waals surface area (Å²) < 4.78 is 26.2. The Morgan fingerprint density at radius 2 is 2.24 bits per heavy atom. The van der Waals surface area contributed by atoms with Crippen LogP contribution in [0.4, 0.5) is 4.39 Å². The molecule has 0 aliphatic heterocycles. The highest BCUT2D eigenvalue weighted by Crippen LogP contribution is 2.16. The quantitative estimate of drug-likeness (QED) is 0.620. The van der Waals surface area contributed by atoms with Gasteiger partial charge in [0.05, 0.1) is 17.1 Å². The van der Waals surface area contributed by atoms with Crippen LogP contribution in [0, 0.1) is 5.82 Å². The second kappa shape index (κ2) is 4.68. The number of hydrogen-bond acceptors (Lipinski definition) is 2. The highest BCUT2D eigenvalue weighted by atomic mass is 35.5.